The van der Waals surface area contributed by atoms with E-state index in [1.165, 1.54) is 18.3 Å². The topological polar surface area (TPSA) is 80.8 Å². The first kappa shape index (κ1) is 7.22. The predicted octanol–water partition coefficient (Wildman–Crippen LogP) is 0.679. The van der Waals surface area contributed by atoms with Crippen LogP contribution in [-0.2, 0) is 0 Å². The standard InChI is InChI=1S/C7H5N3O/c8-4-5(9)7-6(11)2-1-3-10-7/h1-3,9,11H. The summed E-state index contributed by atoms with van der Waals surface area (Å²) >= 11 is 0. The summed E-state index contributed by atoms with van der Waals surface area (Å²) < 4.78 is 0. The molecular formula is C7H5N3O. The Kier molecular flexibility index (Phi) is 1.83. The molecule has 0 radical (unpaired) electrons. The van der Waals surface area contributed by atoms with E-state index < -0.39 is 0 Å². The van der Waals surface area contributed by atoms with Gasteiger partial charge in [0, 0.05) is 6.20 Å². The van der Waals surface area contributed by atoms with E-state index in [4.69, 9.17) is 15.8 Å². The van der Waals surface area contributed by atoms with Crippen LogP contribution in [0.15, 0.2) is 18.3 Å². The second-order valence-electron chi connectivity index (χ2n) is 1.86. The lowest BCUT2D eigenvalue weighted by atomic mass is 10.2. The Morgan fingerprint density at radius 3 is 3.00 bits per heavy atom. The Morgan fingerprint density at radius 1 is 1.73 bits per heavy atom. The van der Waals surface area contributed by atoms with Gasteiger partial charge in [-0.2, -0.15) is 5.26 Å². The highest BCUT2D eigenvalue weighted by atomic mass is 16.3. The van der Waals surface area contributed by atoms with Crippen LogP contribution in [0.2, 0.25) is 0 Å². The van der Waals surface area contributed by atoms with Crippen molar-refractivity contribution in [2.75, 3.05) is 0 Å². The summed E-state index contributed by atoms with van der Waals surface area (Å²) in [5.74, 6) is -0.140. The molecule has 0 aliphatic carbocycles. The van der Waals surface area contributed by atoms with Crippen LogP contribution < -0.4 is 0 Å². The molecule has 0 unspecified atom stereocenters. The van der Waals surface area contributed by atoms with Gasteiger partial charge in [-0.05, 0) is 12.1 Å². The maximum absolute atomic E-state index is 9.06. The van der Waals surface area contributed by atoms with E-state index in [1.54, 1.807) is 6.07 Å². The third-order valence-electron chi connectivity index (χ3n) is 1.14. The molecule has 0 bridgehead atoms. The third kappa shape index (κ3) is 1.33. The van der Waals surface area contributed by atoms with Crippen molar-refractivity contribution >= 4 is 5.71 Å². The first-order chi connectivity index (χ1) is 5.25. The molecule has 11 heavy (non-hydrogen) atoms. The summed E-state index contributed by atoms with van der Waals surface area (Å²) in [5.41, 5.74) is -0.307. The van der Waals surface area contributed by atoms with Crippen LogP contribution in [0.3, 0.4) is 0 Å². The third-order valence-corrected chi connectivity index (χ3v) is 1.14. The zero-order valence-corrected chi connectivity index (χ0v) is 5.57. The summed E-state index contributed by atoms with van der Waals surface area (Å²) in [6.07, 6.45) is 1.42. The van der Waals surface area contributed by atoms with Crippen LogP contribution in [0, 0.1) is 16.7 Å². The van der Waals surface area contributed by atoms with Crippen molar-refractivity contribution in [1.82, 2.24) is 4.98 Å². The normalized spacial score (nSPS) is 8.64. The van der Waals surface area contributed by atoms with E-state index in [2.05, 4.69) is 4.98 Å². The fourth-order valence-corrected chi connectivity index (χ4v) is 0.642. The van der Waals surface area contributed by atoms with Gasteiger partial charge in [-0.3, -0.25) is 5.41 Å². The SMILES string of the molecule is N#CC(=N)c1ncccc1O. The number of aromatic hydroxyl groups is 1. The zero-order valence-electron chi connectivity index (χ0n) is 5.57. The summed E-state index contributed by atoms with van der Waals surface area (Å²) in [6, 6.07) is 4.50. The molecule has 0 aromatic carbocycles. The molecule has 0 fully saturated rings. The van der Waals surface area contributed by atoms with Crippen LogP contribution >= 0.6 is 0 Å². The molecule has 1 heterocycles. The number of pyridine rings is 1. The first-order valence-electron chi connectivity index (χ1n) is 2.88. The molecule has 0 aliphatic heterocycles. The number of hydrogen-bond acceptors (Lipinski definition) is 4. The van der Waals surface area contributed by atoms with E-state index in [0.717, 1.165) is 0 Å². The van der Waals surface area contributed by atoms with Gasteiger partial charge < -0.3 is 5.11 Å². The highest BCUT2D eigenvalue weighted by molar-refractivity contribution is 6.09. The first-order valence-corrected chi connectivity index (χ1v) is 2.88. The van der Waals surface area contributed by atoms with Crippen molar-refractivity contribution in [3.63, 3.8) is 0 Å². The van der Waals surface area contributed by atoms with Crippen LogP contribution in [0.1, 0.15) is 5.69 Å². The molecule has 0 amide bonds. The molecule has 0 aliphatic rings. The molecule has 0 saturated heterocycles. The van der Waals surface area contributed by atoms with Crippen molar-refractivity contribution in [2.45, 2.75) is 0 Å². The maximum atomic E-state index is 9.06. The summed E-state index contributed by atoms with van der Waals surface area (Å²) in [6.45, 7) is 0. The molecule has 0 saturated carbocycles. The smallest absolute Gasteiger partial charge is 0.161 e. The van der Waals surface area contributed by atoms with Gasteiger partial charge in [0.1, 0.15) is 17.5 Å². The van der Waals surface area contributed by atoms with Crippen LogP contribution in [-0.4, -0.2) is 15.8 Å². The predicted molar refractivity (Wildman–Crippen MR) is 38.3 cm³/mol. The summed E-state index contributed by atoms with van der Waals surface area (Å²) in [5, 5.41) is 24.4. The summed E-state index contributed by atoms with van der Waals surface area (Å²) in [4.78, 5) is 3.65. The van der Waals surface area contributed by atoms with Crippen molar-refractivity contribution in [3.05, 3.63) is 24.0 Å². The number of rotatable bonds is 1. The molecule has 4 heteroatoms. The van der Waals surface area contributed by atoms with E-state index in [0.29, 0.717) is 0 Å². The quantitative estimate of drug-likeness (QED) is 0.573. The highest BCUT2D eigenvalue weighted by Gasteiger charge is 2.05. The molecule has 1 rings (SSSR count). The van der Waals surface area contributed by atoms with Gasteiger partial charge in [-0.25, -0.2) is 4.98 Å². The molecule has 0 spiro atoms. The van der Waals surface area contributed by atoms with Gasteiger partial charge in [-0.1, -0.05) is 0 Å². The lowest BCUT2D eigenvalue weighted by Crippen LogP contribution is -1.97. The fourth-order valence-electron chi connectivity index (χ4n) is 0.642. The summed E-state index contributed by atoms with van der Waals surface area (Å²) in [7, 11) is 0. The second kappa shape index (κ2) is 2.80. The van der Waals surface area contributed by atoms with Gasteiger partial charge in [0.15, 0.2) is 5.71 Å². The van der Waals surface area contributed by atoms with Crippen molar-refractivity contribution in [3.8, 4) is 11.8 Å². The number of hydrogen-bond donors (Lipinski definition) is 2. The molecule has 54 valence electrons. The largest absolute Gasteiger partial charge is 0.506 e. The maximum Gasteiger partial charge on any atom is 0.161 e. The lowest BCUT2D eigenvalue weighted by Gasteiger charge is -1.95. The van der Waals surface area contributed by atoms with Gasteiger partial charge in [0.25, 0.3) is 0 Å². The molecule has 1 aromatic rings. The Bertz CT molecular complexity index is 327. The minimum Gasteiger partial charge on any atom is -0.506 e. The van der Waals surface area contributed by atoms with E-state index >= 15 is 0 Å². The van der Waals surface area contributed by atoms with Gasteiger partial charge in [0.2, 0.25) is 0 Å². The Morgan fingerprint density at radius 2 is 2.45 bits per heavy atom. The fraction of sp³-hybridized carbons (Fsp3) is 0. The molecular weight excluding hydrogens is 142 g/mol. The number of aromatic nitrogens is 1. The van der Waals surface area contributed by atoms with Gasteiger partial charge in [-0.15, -0.1) is 0 Å². The minimum absolute atomic E-state index is 0.0231. The Balaban J connectivity index is 3.16. The lowest BCUT2D eigenvalue weighted by molar-refractivity contribution is 0.471. The molecule has 0 atom stereocenters. The Labute approximate surface area is 63.3 Å². The number of nitrogens with zero attached hydrogens (tertiary/aromatic N) is 2. The Hall–Kier alpha value is -1.89. The van der Waals surface area contributed by atoms with Crippen molar-refractivity contribution in [1.29, 1.82) is 10.7 Å². The van der Waals surface area contributed by atoms with E-state index in [9.17, 15) is 0 Å². The molecule has 4 nitrogen and oxygen atoms in total. The van der Waals surface area contributed by atoms with Gasteiger partial charge in [0.05, 0.1) is 0 Å². The average molecular weight is 147 g/mol. The van der Waals surface area contributed by atoms with Crippen LogP contribution in [0.4, 0.5) is 0 Å². The van der Waals surface area contributed by atoms with E-state index in [-0.39, 0.29) is 17.2 Å². The van der Waals surface area contributed by atoms with Crippen molar-refractivity contribution in [2.24, 2.45) is 0 Å². The van der Waals surface area contributed by atoms with Crippen molar-refractivity contribution < 1.29 is 5.11 Å². The molecule has 2 N–H and O–H groups in total. The molecule has 1 aromatic heterocycles. The van der Waals surface area contributed by atoms with Crippen LogP contribution in [0.5, 0.6) is 5.75 Å². The highest BCUT2D eigenvalue weighted by Crippen LogP contribution is 2.11. The minimum atomic E-state index is -0.330. The van der Waals surface area contributed by atoms with E-state index in [1.807, 2.05) is 0 Å². The number of nitriles is 1. The zero-order chi connectivity index (χ0) is 8.27. The second-order valence-corrected chi connectivity index (χ2v) is 1.86. The van der Waals surface area contributed by atoms with Crippen LogP contribution in [0.25, 0.3) is 0 Å². The van der Waals surface area contributed by atoms with Gasteiger partial charge >= 0.3 is 0 Å². The monoisotopic (exact) mass is 147 g/mol. The number of nitrogens with one attached hydrogen (secondary N) is 1. The average Bonchev–Trinajstić information content (AvgIpc) is 2.04.